The molecule has 2 heterocycles. The van der Waals surface area contributed by atoms with E-state index in [0.717, 1.165) is 0 Å². The van der Waals surface area contributed by atoms with Gasteiger partial charge >= 0.3 is 0 Å². The minimum atomic E-state index is -3.66. The highest BCUT2D eigenvalue weighted by Gasteiger charge is 2.29. The van der Waals surface area contributed by atoms with Crippen molar-refractivity contribution in [1.29, 1.82) is 0 Å². The predicted molar refractivity (Wildman–Crippen MR) is 77.0 cm³/mol. The standard InChI is InChI=1S/C11H17ClN2O4S2/c1-13-9-11(7-10(13)8-12)20(17,18)14-3-2-5-19(15,16)6-4-14/h7,9H,2-6,8H2,1H3. The number of nitrogens with zero attached hydrogens (tertiary/aromatic N) is 2. The monoisotopic (exact) mass is 340 g/mol. The first-order valence-corrected chi connectivity index (χ1v) is 9.97. The summed E-state index contributed by atoms with van der Waals surface area (Å²) in [7, 11) is -5.07. The molecule has 114 valence electrons. The van der Waals surface area contributed by atoms with E-state index >= 15 is 0 Å². The van der Waals surface area contributed by atoms with Crippen LogP contribution in [0.3, 0.4) is 0 Å². The number of aromatic nitrogens is 1. The third kappa shape index (κ3) is 3.19. The molecule has 1 aromatic rings. The van der Waals surface area contributed by atoms with Crippen LogP contribution in [-0.4, -0.2) is 50.3 Å². The quantitative estimate of drug-likeness (QED) is 0.754. The van der Waals surface area contributed by atoms with Gasteiger partial charge in [0.15, 0.2) is 9.84 Å². The fourth-order valence-electron chi connectivity index (χ4n) is 2.16. The fraction of sp³-hybridized carbons (Fsp3) is 0.636. The number of halogens is 1. The second kappa shape index (κ2) is 5.67. The number of sulfonamides is 1. The minimum Gasteiger partial charge on any atom is -0.352 e. The van der Waals surface area contributed by atoms with Crippen molar-refractivity contribution < 1.29 is 16.8 Å². The molecule has 0 saturated carbocycles. The van der Waals surface area contributed by atoms with Gasteiger partial charge in [-0.1, -0.05) is 0 Å². The summed E-state index contributed by atoms with van der Waals surface area (Å²) in [6, 6.07) is 1.53. The molecule has 0 bridgehead atoms. The molecule has 1 fully saturated rings. The molecular formula is C11H17ClN2O4S2. The molecule has 1 aromatic heterocycles. The highest BCUT2D eigenvalue weighted by molar-refractivity contribution is 7.91. The van der Waals surface area contributed by atoms with Crippen molar-refractivity contribution in [1.82, 2.24) is 8.87 Å². The lowest BCUT2D eigenvalue weighted by Crippen LogP contribution is -2.33. The highest BCUT2D eigenvalue weighted by atomic mass is 35.5. The largest absolute Gasteiger partial charge is 0.352 e. The molecular weight excluding hydrogens is 324 g/mol. The van der Waals surface area contributed by atoms with Crippen molar-refractivity contribution >= 4 is 31.5 Å². The Bertz CT molecular complexity index is 694. The van der Waals surface area contributed by atoms with Crippen molar-refractivity contribution in [3.63, 3.8) is 0 Å². The number of aryl methyl sites for hydroxylation is 1. The summed E-state index contributed by atoms with van der Waals surface area (Å²) < 4.78 is 51.0. The topological polar surface area (TPSA) is 76.5 Å². The molecule has 0 N–H and O–H groups in total. The first-order chi connectivity index (χ1) is 9.26. The van der Waals surface area contributed by atoms with Gasteiger partial charge in [0.1, 0.15) is 4.90 Å². The molecule has 1 aliphatic heterocycles. The smallest absolute Gasteiger partial charge is 0.244 e. The summed E-state index contributed by atoms with van der Waals surface area (Å²) in [5.74, 6) is 0.141. The summed E-state index contributed by atoms with van der Waals surface area (Å²) in [4.78, 5) is 0.162. The SMILES string of the molecule is Cn1cc(S(=O)(=O)N2CCCS(=O)(=O)CC2)cc1CCl. The Labute approximate surface area is 124 Å². The van der Waals surface area contributed by atoms with Crippen LogP contribution in [0.25, 0.3) is 0 Å². The molecule has 6 nitrogen and oxygen atoms in total. The molecule has 0 amide bonds. The number of sulfone groups is 1. The second-order valence-electron chi connectivity index (χ2n) is 4.82. The van der Waals surface area contributed by atoms with Crippen LogP contribution in [0.1, 0.15) is 12.1 Å². The lowest BCUT2D eigenvalue weighted by molar-refractivity contribution is 0.434. The van der Waals surface area contributed by atoms with E-state index in [0.29, 0.717) is 12.1 Å². The molecule has 1 saturated heterocycles. The second-order valence-corrected chi connectivity index (χ2v) is 9.33. The van der Waals surface area contributed by atoms with Crippen molar-refractivity contribution in [2.24, 2.45) is 7.05 Å². The maximum absolute atomic E-state index is 12.5. The summed E-state index contributed by atoms with van der Waals surface area (Å²) in [5, 5.41) is 0. The van der Waals surface area contributed by atoms with Crippen LogP contribution in [-0.2, 0) is 32.8 Å². The maximum Gasteiger partial charge on any atom is 0.244 e. The number of rotatable bonds is 3. The van der Waals surface area contributed by atoms with Gasteiger partial charge in [-0.2, -0.15) is 4.31 Å². The third-order valence-corrected chi connectivity index (χ3v) is 7.23. The molecule has 0 radical (unpaired) electrons. The molecule has 0 unspecified atom stereocenters. The molecule has 2 rings (SSSR count). The summed E-state index contributed by atoms with van der Waals surface area (Å²) in [6.07, 6.45) is 1.84. The Hall–Kier alpha value is -0.570. The zero-order valence-corrected chi connectivity index (χ0v) is 13.5. The van der Waals surface area contributed by atoms with E-state index in [4.69, 9.17) is 11.6 Å². The Morgan fingerprint density at radius 1 is 1.30 bits per heavy atom. The maximum atomic E-state index is 12.5. The lowest BCUT2D eigenvalue weighted by Gasteiger charge is -2.18. The highest BCUT2D eigenvalue weighted by Crippen LogP contribution is 2.21. The molecule has 9 heteroatoms. The lowest BCUT2D eigenvalue weighted by atomic mass is 10.5. The van der Waals surface area contributed by atoms with Gasteiger partial charge < -0.3 is 4.57 Å². The Morgan fingerprint density at radius 2 is 2.00 bits per heavy atom. The molecule has 0 aromatic carbocycles. The zero-order valence-electron chi connectivity index (χ0n) is 11.1. The van der Waals surface area contributed by atoms with Crippen molar-refractivity contribution in [3.05, 3.63) is 18.0 Å². The van der Waals surface area contributed by atoms with Crippen LogP contribution >= 0.6 is 11.6 Å². The predicted octanol–water partition coefficient (Wildman–Crippen LogP) is 0.573. The molecule has 0 aliphatic carbocycles. The molecule has 0 spiro atoms. The van der Waals surface area contributed by atoms with Crippen LogP contribution in [0.5, 0.6) is 0 Å². The molecule has 20 heavy (non-hydrogen) atoms. The van der Waals surface area contributed by atoms with Gasteiger partial charge in [-0.05, 0) is 12.5 Å². The van der Waals surface area contributed by atoms with Gasteiger partial charge in [-0.25, -0.2) is 16.8 Å². The first-order valence-electron chi connectivity index (χ1n) is 6.18. The van der Waals surface area contributed by atoms with Crippen molar-refractivity contribution in [2.75, 3.05) is 24.6 Å². The normalized spacial score (nSPS) is 20.7. The van der Waals surface area contributed by atoms with Gasteiger partial charge in [0.25, 0.3) is 0 Å². The van der Waals surface area contributed by atoms with Crippen molar-refractivity contribution in [2.45, 2.75) is 17.2 Å². The summed E-state index contributed by atoms with van der Waals surface area (Å²) in [5.41, 5.74) is 0.702. The van der Waals surface area contributed by atoms with E-state index in [9.17, 15) is 16.8 Å². The molecule has 1 aliphatic rings. The Balaban J connectivity index is 2.30. The van der Waals surface area contributed by atoms with Crippen LogP contribution in [0, 0.1) is 0 Å². The zero-order chi connectivity index (χ0) is 15.0. The van der Waals surface area contributed by atoms with Gasteiger partial charge in [0, 0.05) is 32.0 Å². The van der Waals surface area contributed by atoms with Crippen LogP contribution in [0.4, 0.5) is 0 Å². The first kappa shape index (κ1) is 15.8. The van der Waals surface area contributed by atoms with E-state index in [2.05, 4.69) is 0 Å². The van der Waals surface area contributed by atoms with Gasteiger partial charge in [0.05, 0.1) is 17.4 Å². The number of hydrogen-bond acceptors (Lipinski definition) is 4. The fourth-order valence-corrected chi connectivity index (χ4v) is 5.38. The summed E-state index contributed by atoms with van der Waals surface area (Å²) >= 11 is 5.74. The summed E-state index contributed by atoms with van der Waals surface area (Å²) in [6.45, 7) is 0.239. The minimum absolute atomic E-state index is 0.00969. The third-order valence-electron chi connectivity index (χ3n) is 3.37. The van der Waals surface area contributed by atoms with Crippen LogP contribution in [0.2, 0.25) is 0 Å². The van der Waals surface area contributed by atoms with Gasteiger partial charge in [0.2, 0.25) is 10.0 Å². The van der Waals surface area contributed by atoms with Gasteiger partial charge in [-0.3, -0.25) is 0 Å². The van der Waals surface area contributed by atoms with E-state index in [1.165, 1.54) is 16.6 Å². The van der Waals surface area contributed by atoms with E-state index < -0.39 is 19.9 Å². The Kier molecular flexibility index (Phi) is 4.48. The Morgan fingerprint density at radius 3 is 2.60 bits per heavy atom. The number of alkyl halides is 1. The van der Waals surface area contributed by atoms with Crippen LogP contribution in [0.15, 0.2) is 17.2 Å². The van der Waals surface area contributed by atoms with Gasteiger partial charge in [-0.15, -0.1) is 11.6 Å². The van der Waals surface area contributed by atoms with Crippen molar-refractivity contribution in [3.8, 4) is 0 Å². The van der Waals surface area contributed by atoms with E-state index in [1.807, 2.05) is 0 Å². The van der Waals surface area contributed by atoms with E-state index in [1.54, 1.807) is 11.6 Å². The number of hydrogen-bond donors (Lipinski definition) is 0. The van der Waals surface area contributed by atoms with E-state index in [-0.39, 0.29) is 35.4 Å². The average Bonchev–Trinajstić information content (AvgIpc) is 2.64. The van der Waals surface area contributed by atoms with Crippen LogP contribution < -0.4 is 0 Å². The molecule has 0 atom stereocenters. The average molecular weight is 341 g/mol.